The molecule has 0 spiro atoms. The number of carbonyl (C=O) groups excluding carboxylic acids is 1. The van der Waals surface area contributed by atoms with Crippen molar-refractivity contribution in [1.82, 2.24) is 20.2 Å². The number of anilines is 1. The average molecular weight is 585 g/mol. The lowest BCUT2D eigenvalue weighted by molar-refractivity contribution is -0.133. The summed E-state index contributed by atoms with van der Waals surface area (Å²) in [4.78, 5) is 27.5. The standard InChI is InChI=1S/C26H34BrN5O.2ClH/c1-17-7-8-20-22(17)24(29-16-28-20)31-11-13-32(14-12-31)25(33)23(18-5-4-6-19(27)15-18)21-9-10-26(2,3)30-21;;/h4-6,15-17,21,23,30H,7-14H2,1-3H3;2*1H. The molecule has 9 heteroatoms. The molecule has 3 atom stereocenters. The fourth-order valence-electron chi connectivity index (χ4n) is 5.87. The Bertz CT molecular complexity index is 1040. The van der Waals surface area contributed by atoms with Gasteiger partial charge in [-0.25, -0.2) is 9.97 Å². The van der Waals surface area contributed by atoms with Crippen LogP contribution in [0.3, 0.4) is 0 Å². The number of fused-ring (bicyclic) bond motifs is 1. The monoisotopic (exact) mass is 583 g/mol. The Kier molecular flexibility index (Phi) is 9.11. The highest BCUT2D eigenvalue weighted by Gasteiger charge is 2.41. The molecule has 2 saturated heterocycles. The van der Waals surface area contributed by atoms with Crippen molar-refractivity contribution >= 4 is 52.5 Å². The van der Waals surface area contributed by atoms with E-state index in [9.17, 15) is 4.79 Å². The second kappa shape index (κ2) is 11.3. The van der Waals surface area contributed by atoms with Crippen molar-refractivity contribution in [3.05, 3.63) is 51.9 Å². The molecule has 35 heavy (non-hydrogen) atoms. The fraction of sp³-hybridized carbons (Fsp3) is 0.577. The summed E-state index contributed by atoms with van der Waals surface area (Å²) in [6, 6.07) is 8.43. The topological polar surface area (TPSA) is 61.4 Å². The molecule has 1 aliphatic carbocycles. The van der Waals surface area contributed by atoms with Gasteiger partial charge in [-0.1, -0.05) is 35.0 Å². The van der Waals surface area contributed by atoms with Gasteiger partial charge >= 0.3 is 0 Å². The number of nitrogens with one attached hydrogen (secondary N) is 1. The maximum Gasteiger partial charge on any atom is 0.231 e. The molecule has 3 unspecified atom stereocenters. The van der Waals surface area contributed by atoms with Crippen LogP contribution in [0.1, 0.15) is 68.7 Å². The normalized spacial score (nSPS) is 23.8. The third-order valence-corrected chi connectivity index (χ3v) is 8.17. The van der Waals surface area contributed by atoms with Gasteiger partial charge in [-0.05, 0) is 63.1 Å². The Morgan fingerprint density at radius 1 is 1.14 bits per heavy atom. The van der Waals surface area contributed by atoms with Crippen LogP contribution in [0.5, 0.6) is 0 Å². The Hall–Kier alpha value is -1.41. The number of piperazine rings is 1. The lowest BCUT2D eigenvalue weighted by atomic mass is 9.89. The van der Waals surface area contributed by atoms with Gasteiger partial charge in [-0.15, -0.1) is 24.8 Å². The summed E-state index contributed by atoms with van der Waals surface area (Å²) in [7, 11) is 0. The van der Waals surface area contributed by atoms with E-state index in [0.717, 1.165) is 67.7 Å². The van der Waals surface area contributed by atoms with Crippen molar-refractivity contribution in [3.63, 3.8) is 0 Å². The third kappa shape index (κ3) is 5.79. The number of aromatic nitrogens is 2. The molecule has 2 fully saturated rings. The molecule has 2 aromatic rings. The summed E-state index contributed by atoms with van der Waals surface area (Å²) in [6.45, 7) is 9.83. The van der Waals surface area contributed by atoms with Crippen molar-refractivity contribution in [3.8, 4) is 0 Å². The third-order valence-electron chi connectivity index (χ3n) is 7.68. The maximum absolute atomic E-state index is 13.9. The predicted molar refractivity (Wildman–Crippen MR) is 149 cm³/mol. The van der Waals surface area contributed by atoms with Crippen LogP contribution in [0, 0.1) is 0 Å². The molecule has 3 heterocycles. The minimum Gasteiger partial charge on any atom is -0.353 e. The first-order valence-corrected chi connectivity index (χ1v) is 13.0. The number of hydrogen-bond donors (Lipinski definition) is 1. The highest BCUT2D eigenvalue weighted by molar-refractivity contribution is 9.10. The molecule has 192 valence electrons. The van der Waals surface area contributed by atoms with E-state index >= 15 is 0 Å². The van der Waals surface area contributed by atoms with Gasteiger partial charge in [0, 0.05) is 53.5 Å². The van der Waals surface area contributed by atoms with Crippen molar-refractivity contribution in [2.75, 3.05) is 31.1 Å². The highest BCUT2D eigenvalue weighted by Crippen LogP contribution is 2.38. The van der Waals surface area contributed by atoms with Crippen molar-refractivity contribution in [2.45, 2.75) is 69.9 Å². The van der Waals surface area contributed by atoms with Gasteiger partial charge in [0.25, 0.3) is 0 Å². The Labute approximate surface area is 229 Å². The number of nitrogens with zero attached hydrogens (tertiary/aromatic N) is 4. The van der Waals surface area contributed by atoms with Gasteiger partial charge in [-0.3, -0.25) is 4.79 Å². The van der Waals surface area contributed by atoms with Gasteiger partial charge in [0.05, 0.1) is 5.92 Å². The molecule has 2 aliphatic heterocycles. The molecule has 0 bridgehead atoms. The van der Waals surface area contributed by atoms with Crippen LogP contribution in [0.25, 0.3) is 0 Å². The second-order valence-corrected chi connectivity index (χ2v) is 11.4. The lowest BCUT2D eigenvalue weighted by Crippen LogP contribution is -2.53. The van der Waals surface area contributed by atoms with Crippen LogP contribution in [-0.2, 0) is 11.2 Å². The average Bonchev–Trinajstić information content (AvgIpc) is 3.36. The fourth-order valence-corrected chi connectivity index (χ4v) is 6.29. The summed E-state index contributed by atoms with van der Waals surface area (Å²) in [5.74, 6) is 1.66. The quantitative estimate of drug-likeness (QED) is 0.542. The highest BCUT2D eigenvalue weighted by atomic mass is 79.9. The molecule has 1 amide bonds. The van der Waals surface area contributed by atoms with Gasteiger partial charge < -0.3 is 15.1 Å². The predicted octanol–water partition coefficient (Wildman–Crippen LogP) is 5.10. The summed E-state index contributed by atoms with van der Waals surface area (Å²) >= 11 is 3.61. The summed E-state index contributed by atoms with van der Waals surface area (Å²) in [5.41, 5.74) is 3.68. The minimum atomic E-state index is -0.167. The Balaban J connectivity index is 0.00000171. The van der Waals surface area contributed by atoms with Gasteiger partial charge in [0.2, 0.25) is 5.91 Å². The number of amides is 1. The van der Waals surface area contributed by atoms with Crippen molar-refractivity contribution in [1.29, 1.82) is 0 Å². The van der Waals surface area contributed by atoms with E-state index in [1.165, 1.54) is 11.3 Å². The first-order valence-electron chi connectivity index (χ1n) is 12.2. The van der Waals surface area contributed by atoms with E-state index in [1.807, 2.05) is 12.1 Å². The smallest absolute Gasteiger partial charge is 0.231 e. The van der Waals surface area contributed by atoms with E-state index in [4.69, 9.17) is 0 Å². The van der Waals surface area contributed by atoms with Gasteiger partial charge in [-0.2, -0.15) is 0 Å². The molecule has 3 aliphatic rings. The molecular formula is C26H36BrCl2N5O. The Morgan fingerprint density at radius 3 is 2.54 bits per heavy atom. The molecule has 1 N–H and O–H groups in total. The second-order valence-electron chi connectivity index (χ2n) is 10.5. The maximum atomic E-state index is 13.9. The van der Waals surface area contributed by atoms with E-state index in [1.54, 1.807) is 6.33 Å². The first-order chi connectivity index (χ1) is 15.8. The van der Waals surface area contributed by atoms with Crippen LogP contribution >= 0.6 is 40.7 Å². The lowest BCUT2D eigenvalue weighted by Gasteiger charge is -2.39. The van der Waals surface area contributed by atoms with Gasteiger partial charge in [0.15, 0.2) is 0 Å². The molecule has 0 radical (unpaired) electrons. The number of halogens is 3. The number of benzene rings is 1. The van der Waals surface area contributed by atoms with Crippen LogP contribution < -0.4 is 10.2 Å². The summed E-state index contributed by atoms with van der Waals surface area (Å²) in [6.07, 6.45) is 6.00. The number of carbonyl (C=O) groups is 1. The number of hydrogen-bond acceptors (Lipinski definition) is 5. The minimum absolute atomic E-state index is 0. The summed E-state index contributed by atoms with van der Waals surface area (Å²) < 4.78 is 1.02. The van der Waals surface area contributed by atoms with Crippen molar-refractivity contribution < 1.29 is 4.79 Å². The first kappa shape index (κ1) is 28.2. The van der Waals surface area contributed by atoms with Gasteiger partial charge in [0.1, 0.15) is 12.1 Å². The van der Waals surface area contributed by atoms with Crippen LogP contribution in [0.4, 0.5) is 5.82 Å². The number of aryl methyl sites for hydroxylation is 1. The Morgan fingerprint density at radius 2 is 1.89 bits per heavy atom. The zero-order chi connectivity index (χ0) is 23.2. The zero-order valence-electron chi connectivity index (χ0n) is 20.7. The van der Waals surface area contributed by atoms with E-state index in [-0.39, 0.29) is 48.2 Å². The van der Waals surface area contributed by atoms with E-state index in [0.29, 0.717) is 5.92 Å². The molecule has 1 aromatic heterocycles. The molecule has 1 aromatic carbocycles. The number of rotatable bonds is 4. The molecule has 0 saturated carbocycles. The van der Waals surface area contributed by atoms with E-state index in [2.05, 4.69) is 73.9 Å². The molecule has 6 nitrogen and oxygen atoms in total. The van der Waals surface area contributed by atoms with Crippen LogP contribution in [0.15, 0.2) is 35.1 Å². The molecule has 5 rings (SSSR count). The van der Waals surface area contributed by atoms with Crippen LogP contribution in [0.2, 0.25) is 0 Å². The summed E-state index contributed by atoms with van der Waals surface area (Å²) in [5, 5.41) is 3.75. The molecular weight excluding hydrogens is 549 g/mol. The largest absolute Gasteiger partial charge is 0.353 e. The van der Waals surface area contributed by atoms with E-state index < -0.39 is 0 Å². The SMILES string of the molecule is CC1CCc2ncnc(N3CCN(C(=O)C(c4cccc(Br)c4)C4CCC(C)(C)N4)CC3)c21.Cl.Cl. The van der Waals surface area contributed by atoms with Crippen molar-refractivity contribution in [2.24, 2.45) is 0 Å². The van der Waals surface area contributed by atoms with Crippen LogP contribution in [-0.4, -0.2) is 58.5 Å². The zero-order valence-corrected chi connectivity index (χ0v) is 23.9.